The van der Waals surface area contributed by atoms with Gasteiger partial charge in [-0.1, -0.05) is 29.8 Å². The number of piperidine rings is 1. The van der Waals surface area contributed by atoms with Crippen molar-refractivity contribution >= 4 is 11.7 Å². The number of halogens is 3. The van der Waals surface area contributed by atoms with Crippen LogP contribution in [-0.4, -0.2) is 30.1 Å². The van der Waals surface area contributed by atoms with Gasteiger partial charge in [0.05, 0.1) is 18.3 Å². The van der Waals surface area contributed by atoms with Crippen LogP contribution in [-0.2, 0) is 17.5 Å². The molecule has 0 aromatic heterocycles. The van der Waals surface area contributed by atoms with Crippen LogP contribution in [0.1, 0.15) is 29.5 Å². The van der Waals surface area contributed by atoms with Crippen molar-refractivity contribution in [2.24, 2.45) is 0 Å². The van der Waals surface area contributed by atoms with E-state index in [2.05, 4.69) is 5.32 Å². The molecule has 0 saturated carbocycles. The van der Waals surface area contributed by atoms with Crippen molar-refractivity contribution in [2.45, 2.75) is 38.7 Å². The molecule has 0 bridgehead atoms. The normalized spacial score (nSPS) is 17.4. The van der Waals surface area contributed by atoms with Crippen LogP contribution in [0.2, 0.25) is 0 Å². The van der Waals surface area contributed by atoms with Gasteiger partial charge >= 0.3 is 12.2 Å². The van der Waals surface area contributed by atoms with Gasteiger partial charge in [-0.2, -0.15) is 13.2 Å². The molecule has 2 amide bonds. The predicted molar refractivity (Wildman–Crippen MR) is 101 cm³/mol. The molecule has 2 aromatic rings. The number of carbonyl (C=O) groups excluding carboxylic acids is 1. The zero-order valence-corrected chi connectivity index (χ0v) is 15.6. The van der Waals surface area contributed by atoms with E-state index in [0.29, 0.717) is 18.7 Å². The van der Waals surface area contributed by atoms with Crippen LogP contribution in [0.25, 0.3) is 0 Å². The van der Waals surface area contributed by atoms with E-state index in [1.807, 2.05) is 31.2 Å². The van der Waals surface area contributed by atoms with Crippen LogP contribution >= 0.6 is 0 Å². The summed E-state index contributed by atoms with van der Waals surface area (Å²) < 4.78 is 44.2. The van der Waals surface area contributed by atoms with Crippen LogP contribution in [0.4, 0.5) is 23.7 Å². The third kappa shape index (κ3) is 5.48. The van der Waals surface area contributed by atoms with Crippen molar-refractivity contribution in [3.05, 3.63) is 65.2 Å². The molecule has 0 aliphatic carbocycles. The van der Waals surface area contributed by atoms with Crippen LogP contribution in [0.15, 0.2) is 48.5 Å². The Morgan fingerprint density at radius 1 is 1.21 bits per heavy atom. The highest BCUT2D eigenvalue weighted by atomic mass is 19.4. The van der Waals surface area contributed by atoms with E-state index in [1.165, 1.54) is 6.07 Å². The molecular weight excluding hydrogens is 369 g/mol. The maximum atomic E-state index is 12.8. The molecule has 150 valence electrons. The van der Waals surface area contributed by atoms with Crippen molar-refractivity contribution in [3.8, 4) is 0 Å². The van der Waals surface area contributed by atoms with Gasteiger partial charge < -0.3 is 15.0 Å². The number of nitrogens with one attached hydrogen (secondary N) is 1. The molecule has 2 aromatic carbocycles. The van der Waals surface area contributed by atoms with E-state index in [9.17, 15) is 18.0 Å². The Morgan fingerprint density at radius 2 is 1.96 bits per heavy atom. The van der Waals surface area contributed by atoms with Gasteiger partial charge in [-0.05, 0) is 49.6 Å². The predicted octanol–water partition coefficient (Wildman–Crippen LogP) is 5.23. The van der Waals surface area contributed by atoms with Gasteiger partial charge in [0.1, 0.15) is 0 Å². The molecule has 1 aliphatic heterocycles. The third-order valence-corrected chi connectivity index (χ3v) is 4.71. The molecule has 4 nitrogen and oxygen atoms in total. The van der Waals surface area contributed by atoms with E-state index < -0.39 is 11.7 Å². The molecule has 0 spiro atoms. The zero-order valence-electron chi connectivity index (χ0n) is 15.6. The molecule has 1 N–H and O–H groups in total. The number of likely N-dealkylation sites (tertiary alicyclic amines) is 1. The van der Waals surface area contributed by atoms with Crippen molar-refractivity contribution in [3.63, 3.8) is 0 Å². The standard InChI is InChI=1S/C21H23F3N2O2/c1-15-7-9-18(10-8-15)25-20(27)26-11-3-6-19(13-26)28-14-16-4-2-5-17(12-16)21(22,23)24/h2,4-5,7-10,12,19H,3,6,11,13-14H2,1H3,(H,25,27)/t19-/m1/s1. The van der Waals surface area contributed by atoms with Crippen molar-refractivity contribution in [1.82, 2.24) is 4.90 Å². The summed E-state index contributed by atoms with van der Waals surface area (Å²) in [5.74, 6) is 0. The van der Waals surface area contributed by atoms with E-state index in [-0.39, 0.29) is 18.7 Å². The van der Waals surface area contributed by atoms with Gasteiger partial charge in [0.25, 0.3) is 0 Å². The van der Waals surface area contributed by atoms with Gasteiger partial charge in [0, 0.05) is 18.8 Å². The summed E-state index contributed by atoms with van der Waals surface area (Å²) in [6.45, 7) is 3.10. The molecule has 1 aliphatic rings. The van der Waals surface area contributed by atoms with Gasteiger partial charge in [0.15, 0.2) is 0 Å². The van der Waals surface area contributed by atoms with Gasteiger partial charge in [-0.3, -0.25) is 0 Å². The highest BCUT2D eigenvalue weighted by Gasteiger charge is 2.30. The first-order valence-corrected chi connectivity index (χ1v) is 9.21. The number of hydrogen-bond acceptors (Lipinski definition) is 2. The van der Waals surface area contributed by atoms with Crippen molar-refractivity contribution in [1.29, 1.82) is 0 Å². The topological polar surface area (TPSA) is 41.6 Å². The monoisotopic (exact) mass is 392 g/mol. The average Bonchev–Trinajstić information content (AvgIpc) is 2.68. The number of carbonyl (C=O) groups is 1. The van der Waals surface area contributed by atoms with Crippen molar-refractivity contribution in [2.75, 3.05) is 18.4 Å². The van der Waals surface area contributed by atoms with Gasteiger partial charge in [0.2, 0.25) is 0 Å². The lowest BCUT2D eigenvalue weighted by atomic mass is 10.1. The molecule has 1 saturated heterocycles. The Labute approximate surface area is 162 Å². The molecule has 3 rings (SSSR count). The average molecular weight is 392 g/mol. The zero-order chi connectivity index (χ0) is 20.1. The number of aryl methyl sites for hydroxylation is 1. The molecule has 1 atom stereocenters. The summed E-state index contributed by atoms with van der Waals surface area (Å²) in [4.78, 5) is 14.1. The summed E-state index contributed by atoms with van der Waals surface area (Å²) in [7, 11) is 0. The summed E-state index contributed by atoms with van der Waals surface area (Å²) in [5, 5.41) is 2.86. The number of alkyl halides is 3. The minimum Gasteiger partial charge on any atom is -0.372 e. The highest BCUT2D eigenvalue weighted by molar-refractivity contribution is 5.89. The van der Waals surface area contributed by atoms with E-state index >= 15 is 0 Å². The van der Waals surface area contributed by atoms with Crippen molar-refractivity contribution < 1.29 is 22.7 Å². The SMILES string of the molecule is Cc1ccc(NC(=O)N2CCC[C@@H](OCc3cccc(C(F)(F)F)c3)C2)cc1. The fourth-order valence-corrected chi connectivity index (χ4v) is 3.15. The molecule has 0 unspecified atom stereocenters. The largest absolute Gasteiger partial charge is 0.416 e. The molecule has 1 fully saturated rings. The second-order valence-corrected chi connectivity index (χ2v) is 7.02. The lowest BCUT2D eigenvalue weighted by molar-refractivity contribution is -0.137. The lowest BCUT2D eigenvalue weighted by Crippen LogP contribution is -2.45. The van der Waals surface area contributed by atoms with Crippen LogP contribution in [0.3, 0.4) is 0 Å². The Bertz CT molecular complexity index is 806. The molecule has 7 heteroatoms. The second kappa shape index (κ2) is 8.65. The van der Waals surface area contributed by atoms with Crippen LogP contribution < -0.4 is 5.32 Å². The first-order valence-electron chi connectivity index (χ1n) is 9.21. The number of benzene rings is 2. The first-order chi connectivity index (χ1) is 13.3. The van der Waals surface area contributed by atoms with Gasteiger partial charge in [-0.25, -0.2) is 4.79 Å². The summed E-state index contributed by atoms with van der Waals surface area (Å²) >= 11 is 0. The number of amides is 2. The summed E-state index contributed by atoms with van der Waals surface area (Å²) in [6, 6.07) is 12.5. The van der Waals surface area contributed by atoms with E-state index in [0.717, 1.165) is 36.2 Å². The fraction of sp³-hybridized carbons (Fsp3) is 0.381. The molecule has 28 heavy (non-hydrogen) atoms. The Balaban J connectivity index is 1.53. The minimum atomic E-state index is -4.37. The smallest absolute Gasteiger partial charge is 0.372 e. The second-order valence-electron chi connectivity index (χ2n) is 7.02. The number of anilines is 1. The van der Waals surface area contributed by atoms with E-state index in [4.69, 9.17) is 4.74 Å². The number of hydrogen-bond donors (Lipinski definition) is 1. The maximum absolute atomic E-state index is 12.8. The molecule has 0 radical (unpaired) electrons. The Hall–Kier alpha value is -2.54. The highest BCUT2D eigenvalue weighted by Crippen LogP contribution is 2.29. The number of nitrogens with zero attached hydrogens (tertiary/aromatic N) is 1. The maximum Gasteiger partial charge on any atom is 0.416 e. The minimum absolute atomic E-state index is 0.0853. The number of urea groups is 1. The van der Waals surface area contributed by atoms with Crippen LogP contribution in [0.5, 0.6) is 0 Å². The molecular formula is C21H23F3N2O2. The van der Waals surface area contributed by atoms with E-state index in [1.54, 1.807) is 11.0 Å². The van der Waals surface area contributed by atoms with Gasteiger partial charge in [-0.15, -0.1) is 0 Å². The van der Waals surface area contributed by atoms with Crippen LogP contribution in [0, 0.1) is 6.92 Å². The first kappa shape index (κ1) is 20.2. The summed E-state index contributed by atoms with van der Waals surface area (Å²) in [6.07, 6.45) is -3.01. The third-order valence-electron chi connectivity index (χ3n) is 4.71. The summed E-state index contributed by atoms with van der Waals surface area (Å²) in [5.41, 5.74) is 1.62. The quantitative estimate of drug-likeness (QED) is 0.774. The fourth-order valence-electron chi connectivity index (χ4n) is 3.15. The Morgan fingerprint density at radius 3 is 2.68 bits per heavy atom. The Kier molecular flexibility index (Phi) is 6.24. The lowest BCUT2D eigenvalue weighted by Gasteiger charge is -2.32. The molecule has 1 heterocycles. The number of ether oxygens (including phenoxy) is 1. The number of rotatable bonds is 4.